The number of hydrogen-bond donors (Lipinski definition) is 5. The predicted octanol–water partition coefficient (Wildman–Crippen LogP) is -0.744. The molecule has 4 rings (SSSR count). The fraction of sp³-hybridized carbons (Fsp3) is 0.850. The molecule has 8 heteroatoms. The summed E-state index contributed by atoms with van der Waals surface area (Å²) in [5, 5.41) is 54.6. The standard InChI is InChI=1S/C20H30O8/c1-8-5-11(22)15(24)18(3)12(23)7-10(21)9(2)14(18)16(25)20-13(6-8)27-17(26)19(20,4)28-20/h6,9-16,21-25H,5,7H2,1-4H3/b8-6-/t9-,10-,11-,12-,13-,14+,15-,16-,18-,19-,20-/m1/s1. The van der Waals surface area contributed by atoms with Crippen molar-refractivity contribution in [2.45, 2.75) is 88.4 Å². The molecule has 0 amide bonds. The summed E-state index contributed by atoms with van der Waals surface area (Å²) >= 11 is 0. The van der Waals surface area contributed by atoms with Crippen molar-refractivity contribution >= 4 is 5.97 Å². The molecule has 1 spiro atoms. The maximum atomic E-state index is 12.4. The van der Waals surface area contributed by atoms with Gasteiger partial charge in [-0.05, 0) is 32.3 Å². The number of hydrogen-bond acceptors (Lipinski definition) is 8. The van der Waals surface area contributed by atoms with E-state index in [0.717, 1.165) is 0 Å². The van der Waals surface area contributed by atoms with Gasteiger partial charge in [0.25, 0.3) is 0 Å². The lowest BCUT2D eigenvalue weighted by Crippen LogP contribution is -2.66. The highest BCUT2D eigenvalue weighted by molar-refractivity contribution is 5.88. The highest BCUT2D eigenvalue weighted by Gasteiger charge is 2.86. The highest BCUT2D eigenvalue weighted by Crippen LogP contribution is 2.64. The Morgan fingerprint density at radius 3 is 2.32 bits per heavy atom. The molecular weight excluding hydrogens is 368 g/mol. The highest BCUT2D eigenvalue weighted by atomic mass is 16.7. The van der Waals surface area contributed by atoms with Crippen LogP contribution in [0.1, 0.15) is 40.5 Å². The Morgan fingerprint density at radius 1 is 1.07 bits per heavy atom. The molecule has 2 aliphatic carbocycles. The summed E-state index contributed by atoms with van der Waals surface area (Å²) in [7, 11) is 0. The van der Waals surface area contributed by atoms with Crippen molar-refractivity contribution in [1.82, 2.24) is 0 Å². The Kier molecular flexibility index (Phi) is 4.34. The quantitative estimate of drug-likeness (QED) is 0.204. The first-order valence-electron chi connectivity index (χ1n) is 9.90. The van der Waals surface area contributed by atoms with Crippen LogP contribution in [0.5, 0.6) is 0 Å². The molecule has 28 heavy (non-hydrogen) atoms. The molecule has 2 saturated heterocycles. The van der Waals surface area contributed by atoms with Crippen LogP contribution in [0.4, 0.5) is 0 Å². The van der Waals surface area contributed by atoms with Gasteiger partial charge in [0.05, 0.1) is 30.5 Å². The Bertz CT molecular complexity index is 723. The fourth-order valence-electron chi connectivity index (χ4n) is 6.02. The number of esters is 1. The Morgan fingerprint density at radius 2 is 1.71 bits per heavy atom. The number of ether oxygens (including phenoxy) is 2. The van der Waals surface area contributed by atoms with E-state index in [-0.39, 0.29) is 12.8 Å². The van der Waals surface area contributed by atoms with Gasteiger partial charge in [-0.25, -0.2) is 4.79 Å². The molecule has 2 heterocycles. The number of carbonyl (C=O) groups excluding carboxylic acids is 1. The van der Waals surface area contributed by atoms with E-state index >= 15 is 0 Å². The van der Waals surface area contributed by atoms with Gasteiger partial charge in [-0.3, -0.25) is 0 Å². The number of carbonyl (C=O) groups is 1. The van der Waals surface area contributed by atoms with Gasteiger partial charge in [0.2, 0.25) is 0 Å². The Hall–Kier alpha value is -1.03. The fourth-order valence-corrected chi connectivity index (χ4v) is 6.02. The van der Waals surface area contributed by atoms with Crippen molar-refractivity contribution in [3.05, 3.63) is 11.6 Å². The van der Waals surface area contributed by atoms with Crippen LogP contribution >= 0.6 is 0 Å². The molecule has 3 fully saturated rings. The van der Waals surface area contributed by atoms with Crippen LogP contribution in [0.2, 0.25) is 0 Å². The van der Waals surface area contributed by atoms with Gasteiger partial charge in [-0.1, -0.05) is 19.4 Å². The van der Waals surface area contributed by atoms with E-state index in [1.165, 1.54) is 0 Å². The maximum absolute atomic E-state index is 12.4. The van der Waals surface area contributed by atoms with Crippen LogP contribution in [0.15, 0.2) is 11.6 Å². The van der Waals surface area contributed by atoms with Gasteiger partial charge in [-0.15, -0.1) is 0 Å². The molecule has 11 atom stereocenters. The number of aliphatic hydroxyl groups is 5. The molecule has 0 unspecified atom stereocenters. The van der Waals surface area contributed by atoms with Crippen molar-refractivity contribution in [2.75, 3.05) is 0 Å². The number of rotatable bonds is 0. The first-order valence-corrected chi connectivity index (χ1v) is 9.90. The monoisotopic (exact) mass is 398 g/mol. The first kappa shape index (κ1) is 20.3. The second-order valence-corrected chi connectivity index (χ2v) is 9.50. The van der Waals surface area contributed by atoms with Crippen molar-refractivity contribution in [3.63, 3.8) is 0 Å². The topological polar surface area (TPSA) is 140 Å². The van der Waals surface area contributed by atoms with E-state index in [1.54, 1.807) is 33.8 Å². The van der Waals surface area contributed by atoms with E-state index in [2.05, 4.69) is 0 Å². The van der Waals surface area contributed by atoms with Crippen LogP contribution in [-0.2, 0) is 14.3 Å². The maximum Gasteiger partial charge on any atom is 0.342 e. The van der Waals surface area contributed by atoms with Gasteiger partial charge in [0.15, 0.2) is 17.3 Å². The second-order valence-electron chi connectivity index (χ2n) is 9.50. The zero-order valence-corrected chi connectivity index (χ0v) is 16.6. The van der Waals surface area contributed by atoms with Gasteiger partial charge in [0, 0.05) is 17.8 Å². The number of aliphatic hydroxyl groups excluding tert-OH is 5. The summed E-state index contributed by atoms with van der Waals surface area (Å²) in [4.78, 5) is 12.4. The summed E-state index contributed by atoms with van der Waals surface area (Å²) < 4.78 is 11.3. The lowest BCUT2D eigenvalue weighted by Gasteiger charge is -2.55. The summed E-state index contributed by atoms with van der Waals surface area (Å²) in [5.41, 5.74) is -3.34. The third kappa shape index (κ3) is 2.24. The molecule has 4 aliphatic rings. The average Bonchev–Trinajstić information content (AvgIpc) is 3.20. The van der Waals surface area contributed by atoms with E-state index in [4.69, 9.17) is 9.47 Å². The lowest BCUT2D eigenvalue weighted by molar-refractivity contribution is -0.223. The molecule has 0 aromatic heterocycles. The minimum Gasteiger partial charge on any atom is -0.453 e. The first-order chi connectivity index (χ1) is 12.9. The number of fused-ring (bicyclic) bond motifs is 1. The Balaban J connectivity index is 1.90. The molecule has 1 saturated carbocycles. The van der Waals surface area contributed by atoms with E-state index in [1.807, 2.05) is 0 Å². The molecule has 0 radical (unpaired) electrons. The molecule has 0 bridgehead atoms. The molecule has 0 aromatic carbocycles. The normalized spacial score (nSPS) is 60.6. The lowest BCUT2D eigenvalue weighted by atomic mass is 9.53. The van der Waals surface area contributed by atoms with Crippen molar-refractivity contribution in [2.24, 2.45) is 17.3 Å². The predicted molar refractivity (Wildman–Crippen MR) is 95.9 cm³/mol. The summed E-state index contributed by atoms with van der Waals surface area (Å²) in [6, 6.07) is 0. The van der Waals surface area contributed by atoms with Crippen LogP contribution in [-0.4, -0.2) is 79.3 Å². The molecule has 8 nitrogen and oxygen atoms in total. The van der Waals surface area contributed by atoms with Crippen LogP contribution in [0.3, 0.4) is 0 Å². The van der Waals surface area contributed by atoms with Crippen LogP contribution in [0, 0.1) is 17.3 Å². The van der Waals surface area contributed by atoms with Gasteiger partial charge in [0.1, 0.15) is 0 Å². The number of epoxide rings is 1. The van der Waals surface area contributed by atoms with E-state index < -0.39 is 71.0 Å². The SMILES string of the molecule is C/C1=C/[C@H]2OC(=O)[C@@]3(C)O[C@@]23[C@H](O)[C@@H]2[C@H](C)[C@H](O)C[C@@H](O)[C@@]2(C)[C@H](O)[C@H](O)C1. The Labute approximate surface area is 163 Å². The molecular formula is C20H30O8. The minimum absolute atomic E-state index is 0.0173. The van der Waals surface area contributed by atoms with Crippen LogP contribution < -0.4 is 0 Å². The van der Waals surface area contributed by atoms with E-state index in [0.29, 0.717) is 5.57 Å². The van der Waals surface area contributed by atoms with Crippen molar-refractivity contribution in [3.8, 4) is 0 Å². The summed E-state index contributed by atoms with van der Waals surface area (Å²) in [6.45, 7) is 6.66. The second kappa shape index (κ2) is 6.00. The minimum atomic E-state index is -1.36. The van der Waals surface area contributed by atoms with E-state index in [9.17, 15) is 30.3 Å². The third-order valence-corrected chi connectivity index (χ3v) is 7.95. The summed E-state index contributed by atoms with van der Waals surface area (Å²) in [5.74, 6) is -1.94. The molecule has 158 valence electrons. The molecule has 5 N–H and O–H groups in total. The van der Waals surface area contributed by atoms with Gasteiger partial charge in [-0.2, -0.15) is 0 Å². The van der Waals surface area contributed by atoms with Crippen molar-refractivity contribution in [1.29, 1.82) is 0 Å². The molecule has 2 aliphatic heterocycles. The van der Waals surface area contributed by atoms with Gasteiger partial charge < -0.3 is 35.0 Å². The summed E-state index contributed by atoms with van der Waals surface area (Å²) in [6.07, 6.45) is -5.00. The molecule has 0 aromatic rings. The smallest absolute Gasteiger partial charge is 0.342 e. The zero-order chi connectivity index (χ0) is 20.8. The third-order valence-electron chi connectivity index (χ3n) is 7.95. The van der Waals surface area contributed by atoms with Crippen LogP contribution in [0.25, 0.3) is 0 Å². The van der Waals surface area contributed by atoms with Crippen molar-refractivity contribution < 1.29 is 39.8 Å². The zero-order valence-electron chi connectivity index (χ0n) is 16.6. The largest absolute Gasteiger partial charge is 0.453 e. The average molecular weight is 398 g/mol. The van der Waals surface area contributed by atoms with Gasteiger partial charge >= 0.3 is 5.97 Å².